The van der Waals surface area contributed by atoms with Gasteiger partial charge in [-0.05, 0) is 50.2 Å². The van der Waals surface area contributed by atoms with E-state index in [1.807, 2.05) is 6.92 Å². The van der Waals surface area contributed by atoms with Crippen LogP contribution < -0.4 is 14.4 Å². The van der Waals surface area contributed by atoms with E-state index in [2.05, 4.69) is 5.32 Å². The first-order chi connectivity index (χ1) is 16.5. The monoisotopic (exact) mass is 525 g/mol. The molecule has 0 bridgehead atoms. The molecule has 1 aliphatic heterocycles. The molecule has 1 heterocycles. The fourth-order valence-corrected chi connectivity index (χ4v) is 6.22. The summed E-state index contributed by atoms with van der Waals surface area (Å²) in [4.78, 5) is 12.8. The molecule has 1 saturated heterocycles. The summed E-state index contributed by atoms with van der Waals surface area (Å²) in [5.74, 6) is -0.0165. The first-order valence-corrected chi connectivity index (χ1v) is 14.4. The van der Waals surface area contributed by atoms with Gasteiger partial charge in [0.25, 0.3) is 0 Å². The average molecular weight is 526 g/mol. The van der Waals surface area contributed by atoms with Gasteiger partial charge in [0.2, 0.25) is 26.0 Å². The number of carbonyl (C=O) groups excluding carboxylic acids is 1. The van der Waals surface area contributed by atoms with Gasteiger partial charge in [-0.1, -0.05) is 17.7 Å². The van der Waals surface area contributed by atoms with Crippen LogP contribution in [0.5, 0.6) is 5.75 Å². The van der Waals surface area contributed by atoms with Crippen molar-refractivity contribution in [3.8, 4) is 5.75 Å². The quantitative estimate of drug-likeness (QED) is 0.465. The van der Waals surface area contributed by atoms with Gasteiger partial charge in [-0.15, -0.1) is 0 Å². The minimum absolute atomic E-state index is 0.122. The fraction of sp³-hybridized carbons (Fsp3) is 0.435. The summed E-state index contributed by atoms with van der Waals surface area (Å²) in [5.41, 5.74) is 1.38. The number of amides is 1. The third-order valence-electron chi connectivity index (χ3n) is 5.48. The maximum absolute atomic E-state index is 12.7. The zero-order valence-electron chi connectivity index (χ0n) is 20.0. The number of nitrogens with zero attached hydrogens (tertiary/aromatic N) is 2. The molecule has 0 radical (unpaired) electrons. The highest BCUT2D eigenvalue weighted by Crippen LogP contribution is 2.22. The number of anilines is 1. The SMILES string of the molecule is Cc1ccc(N([C@H](C)C(=O)NCCOc2ccc(S(=O)(=O)N3CCOCC3)cc2)S(C)(=O)=O)cc1. The first kappa shape index (κ1) is 26.9. The summed E-state index contributed by atoms with van der Waals surface area (Å²) in [6.45, 7) is 5.06. The third kappa shape index (κ3) is 6.94. The first-order valence-electron chi connectivity index (χ1n) is 11.1. The van der Waals surface area contributed by atoms with Crippen molar-refractivity contribution < 1.29 is 31.1 Å². The molecule has 0 spiro atoms. The number of carbonyl (C=O) groups is 1. The Balaban J connectivity index is 1.53. The number of ether oxygens (including phenoxy) is 2. The van der Waals surface area contributed by atoms with Crippen molar-refractivity contribution in [3.63, 3.8) is 0 Å². The lowest BCUT2D eigenvalue weighted by Crippen LogP contribution is -2.48. The highest BCUT2D eigenvalue weighted by molar-refractivity contribution is 7.92. The molecule has 1 fully saturated rings. The number of benzene rings is 2. The fourth-order valence-electron chi connectivity index (χ4n) is 3.64. The molecule has 0 aromatic heterocycles. The molecule has 192 valence electrons. The molecule has 1 N–H and O–H groups in total. The average Bonchev–Trinajstić information content (AvgIpc) is 2.83. The lowest BCUT2D eigenvalue weighted by Gasteiger charge is -2.28. The zero-order chi connectivity index (χ0) is 25.6. The Kier molecular flexibility index (Phi) is 8.75. The van der Waals surface area contributed by atoms with Gasteiger partial charge in [-0.2, -0.15) is 4.31 Å². The maximum Gasteiger partial charge on any atom is 0.243 e. The molecule has 0 unspecified atom stereocenters. The number of rotatable bonds is 10. The van der Waals surface area contributed by atoms with Crippen molar-refractivity contribution in [1.82, 2.24) is 9.62 Å². The Bertz CT molecular complexity index is 1210. The molecule has 12 heteroatoms. The predicted molar refractivity (Wildman–Crippen MR) is 132 cm³/mol. The molecule has 0 aliphatic carbocycles. The Hall–Kier alpha value is -2.67. The van der Waals surface area contributed by atoms with Crippen LogP contribution in [0.25, 0.3) is 0 Å². The highest BCUT2D eigenvalue weighted by atomic mass is 32.2. The number of nitrogens with one attached hydrogen (secondary N) is 1. The molecular formula is C23H31N3O7S2. The summed E-state index contributed by atoms with van der Waals surface area (Å²) < 4.78 is 63.3. The number of sulfonamides is 2. The summed E-state index contributed by atoms with van der Waals surface area (Å²) in [7, 11) is -7.27. The van der Waals surface area contributed by atoms with Gasteiger partial charge in [-0.25, -0.2) is 16.8 Å². The van der Waals surface area contributed by atoms with E-state index in [0.29, 0.717) is 37.7 Å². The second-order valence-corrected chi connectivity index (χ2v) is 12.0. The molecule has 3 rings (SSSR count). The van der Waals surface area contributed by atoms with Gasteiger partial charge in [0.15, 0.2) is 0 Å². The Labute approximate surface area is 206 Å². The van der Waals surface area contributed by atoms with Gasteiger partial charge in [0, 0.05) is 13.1 Å². The van der Waals surface area contributed by atoms with E-state index in [-0.39, 0.29) is 18.0 Å². The van der Waals surface area contributed by atoms with Crippen LogP contribution >= 0.6 is 0 Å². The number of aryl methyl sites for hydroxylation is 1. The van der Waals surface area contributed by atoms with Crippen molar-refractivity contribution in [3.05, 3.63) is 54.1 Å². The minimum atomic E-state index is -3.69. The van der Waals surface area contributed by atoms with Crippen LogP contribution in [-0.2, 0) is 29.6 Å². The van der Waals surface area contributed by atoms with Crippen LogP contribution in [0.15, 0.2) is 53.4 Å². The highest BCUT2D eigenvalue weighted by Gasteiger charge is 2.29. The van der Waals surface area contributed by atoms with Crippen LogP contribution in [0.4, 0.5) is 5.69 Å². The smallest absolute Gasteiger partial charge is 0.243 e. The topological polar surface area (TPSA) is 122 Å². The summed E-state index contributed by atoms with van der Waals surface area (Å²) >= 11 is 0. The lowest BCUT2D eigenvalue weighted by atomic mass is 10.2. The third-order valence-corrected chi connectivity index (χ3v) is 8.63. The van der Waals surface area contributed by atoms with E-state index >= 15 is 0 Å². The van der Waals surface area contributed by atoms with Crippen LogP contribution in [0.1, 0.15) is 12.5 Å². The Morgan fingerprint density at radius 3 is 2.23 bits per heavy atom. The predicted octanol–water partition coefficient (Wildman–Crippen LogP) is 1.37. The summed E-state index contributed by atoms with van der Waals surface area (Å²) in [6, 6.07) is 12.0. The Morgan fingerprint density at radius 1 is 1.06 bits per heavy atom. The van der Waals surface area contributed by atoms with Crippen molar-refractivity contribution in [2.75, 3.05) is 50.0 Å². The van der Waals surface area contributed by atoms with Crippen molar-refractivity contribution in [2.45, 2.75) is 24.8 Å². The molecule has 0 saturated carbocycles. The molecule has 2 aromatic carbocycles. The van der Waals surface area contributed by atoms with Gasteiger partial charge in [0.05, 0.1) is 36.6 Å². The molecular weight excluding hydrogens is 494 g/mol. The van der Waals surface area contributed by atoms with E-state index in [1.54, 1.807) is 36.4 Å². The van der Waals surface area contributed by atoms with E-state index < -0.39 is 32.0 Å². The second kappa shape index (κ2) is 11.4. The van der Waals surface area contributed by atoms with E-state index in [4.69, 9.17) is 9.47 Å². The van der Waals surface area contributed by atoms with E-state index in [1.165, 1.54) is 23.4 Å². The van der Waals surface area contributed by atoms with Crippen molar-refractivity contribution in [2.24, 2.45) is 0 Å². The minimum Gasteiger partial charge on any atom is -0.492 e. The van der Waals surface area contributed by atoms with Crippen LogP contribution in [0, 0.1) is 6.92 Å². The number of morpholine rings is 1. The van der Waals surface area contributed by atoms with Gasteiger partial charge >= 0.3 is 0 Å². The van der Waals surface area contributed by atoms with Crippen LogP contribution in [0.2, 0.25) is 0 Å². The van der Waals surface area contributed by atoms with Crippen LogP contribution in [-0.4, -0.2) is 78.8 Å². The molecule has 1 amide bonds. The van der Waals surface area contributed by atoms with Crippen molar-refractivity contribution >= 4 is 31.6 Å². The summed E-state index contributed by atoms with van der Waals surface area (Å²) in [5, 5.41) is 2.68. The zero-order valence-corrected chi connectivity index (χ0v) is 21.6. The standard InChI is InChI=1S/C23H31N3O7S2/c1-18-4-6-20(7-5-18)26(34(3,28)29)19(2)23(27)24-12-15-33-21-8-10-22(11-9-21)35(30,31)25-13-16-32-17-14-25/h4-11,19H,12-17H2,1-3H3,(H,24,27)/t19-/m1/s1. The van der Waals surface area contributed by atoms with Gasteiger partial charge in [-0.3, -0.25) is 9.10 Å². The number of hydrogen-bond donors (Lipinski definition) is 1. The van der Waals surface area contributed by atoms with Crippen LogP contribution in [0.3, 0.4) is 0 Å². The maximum atomic E-state index is 12.7. The van der Waals surface area contributed by atoms with Gasteiger partial charge < -0.3 is 14.8 Å². The Morgan fingerprint density at radius 2 is 1.66 bits per heavy atom. The molecule has 35 heavy (non-hydrogen) atoms. The normalized spacial score (nSPS) is 15.9. The van der Waals surface area contributed by atoms with Crippen molar-refractivity contribution in [1.29, 1.82) is 0 Å². The molecule has 10 nitrogen and oxygen atoms in total. The largest absolute Gasteiger partial charge is 0.492 e. The number of hydrogen-bond acceptors (Lipinski definition) is 7. The lowest BCUT2D eigenvalue weighted by molar-refractivity contribution is -0.121. The molecule has 1 aliphatic rings. The van der Waals surface area contributed by atoms with E-state index in [9.17, 15) is 21.6 Å². The molecule has 1 atom stereocenters. The second-order valence-electron chi connectivity index (χ2n) is 8.20. The summed E-state index contributed by atoms with van der Waals surface area (Å²) in [6.07, 6.45) is 1.06. The van der Waals surface area contributed by atoms with Gasteiger partial charge in [0.1, 0.15) is 18.4 Å². The molecule has 2 aromatic rings. The van der Waals surface area contributed by atoms with E-state index in [0.717, 1.165) is 16.1 Å².